The molecule has 0 atom stereocenters. The van der Waals surface area contributed by atoms with Gasteiger partial charge in [0.05, 0.1) is 18.1 Å². The Hall–Kier alpha value is -3.55. The largest absolute Gasteiger partial charge is 0.326 e. The molecule has 152 valence electrons. The zero-order valence-corrected chi connectivity index (χ0v) is 16.7. The van der Waals surface area contributed by atoms with Gasteiger partial charge in [0, 0.05) is 29.1 Å². The van der Waals surface area contributed by atoms with Gasteiger partial charge in [0.2, 0.25) is 0 Å². The van der Waals surface area contributed by atoms with Crippen LogP contribution in [-0.4, -0.2) is 30.8 Å². The molecule has 0 saturated heterocycles. The molecule has 3 aromatic heterocycles. The number of hydrogen-bond donors (Lipinski definition) is 0. The van der Waals surface area contributed by atoms with Gasteiger partial charge in [-0.15, -0.1) is 0 Å². The molecule has 0 spiro atoms. The Morgan fingerprint density at radius 1 is 1.07 bits per heavy atom. The number of fused-ring (bicyclic) bond motifs is 1. The van der Waals surface area contributed by atoms with Crippen LogP contribution in [0.4, 0.5) is 8.78 Å². The highest BCUT2D eigenvalue weighted by Crippen LogP contribution is 2.30. The van der Waals surface area contributed by atoms with E-state index >= 15 is 0 Å². The molecule has 0 aliphatic rings. The van der Waals surface area contributed by atoms with E-state index in [1.54, 1.807) is 18.2 Å². The number of rotatable bonds is 5. The number of benzene rings is 1. The van der Waals surface area contributed by atoms with Crippen LogP contribution >= 0.6 is 0 Å². The lowest BCUT2D eigenvalue weighted by molar-refractivity contribution is 0.112. The normalized spacial score (nSPS) is 11.4. The summed E-state index contributed by atoms with van der Waals surface area (Å²) >= 11 is 0. The molecule has 6 nitrogen and oxygen atoms in total. The number of aryl methyl sites for hydroxylation is 1. The van der Waals surface area contributed by atoms with Crippen LogP contribution in [0.2, 0.25) is 0 Å². The van der Waals surface area contributed by atoms with E-state index in [0.29, 0.717) is 40.3 Å². The topological polar surface area (TPSA) is 73.6 Å². The Morgan fingerprint density at radius 2 is 1.87 bits per heavy atom. The van der Waals surface area contributed by atoms with Crippen LogP contribution in [0.5, 0.6) is 0 Å². The van der Waals surface area contributed by atoms with Gasteiger partial charge in [-0.2, -0.15) is 0 Å². The third-order valence-electron chi connectivity index (χ3n) is 4.83. The van der Waals surface area contributed by atoms with Crippen LogP contribution in [0, 0.1) is 18.6 Å². The second-order valence-corrected chi connectivity index (χ2v) is 7.31. The summed E-state index contributed by atoms with van der Waals surface area (Å²) in [6.45, 7) is 5.77. The van der Waals surface area contributed by atoms with Gasteiger partial charge < -0.3 is 4.57 Å². The lowest BCUT2D eigenvalue weighted by Gasteiger charge is -2.12. The molecule has 0 amide bonds. The summed E-state index contributed by atoms with van der Waals surface area (Å²) < 4.78 is 31.2. The SMILES string of the molecule is Cc1nc2c(F)cc(-c3nc(Cc4ccc(C=O)cn4)ncc3F)cc2n1C(C)C. The van der Waals surface area contributed by atoms with Gasteiger partial charge in [0.1, 0.15) is 22.9 Å². The van der Waals surface area contributed by atoms with Gasteiger partial charge in [-0.05, 0) is 45.0 Å². The van der Waals surface area contributed by atoms with E-state index in [1.807, 2.05) is 25.3 Å². The molecule has 0 aliphatic carbocycles. The van der Waals surface area contributed by atoms with E-state index in [4.69, 9.17) is 0 Å². The summed E-state index contributed by atoms with van der Waals surface area (Å²) in [5, 5.41) is 0. The maximum atomic E-state index is 14.8. The number of pyridine rings is 1. The Bertz CT molecular complexity index is 1250. The monoisotopic (exact) mass is 407 g/mol. The fourth-order valence-electron chi connectivity index (χ4n) is 3.52. The highest BCUT2D eigenvalue weighted by atomic mass is 19.1. The predicted octanol–water partition coefficient (Wildman–Crippen LogP) is 4.46. The molecule has 0 radical (unpaired) electrons. The lowest BCUT2D eigenvalue weighted by Crippen LogP contribution is -2.04. The molecule has 1 aromatic carbocycles. The molecular weight excluding hydrogens is 388 g/mol. The number of imidazole rings is 1. The zero-order valence-electron chi connectivity index (χ0n) is 16.7. The summed E-state index contributed by atoms with van der Waals surface area (Å²) in [5.41, 5.74) is 2.25. The third kappa shape index (κ3) is 3.56. The van der Waals surface area contributed by atoms with Crippen molar-refractivity contribution in [1.82, 2.24) is 24.5 Å². The van der Waals surface area contributed by atoms with Crippen LogP contribution in [0.25, 0.3) is 22.3 Å². The molecule has 0 bridgehead atoms. The zero-order chi connectivity index (χ0) is 21.4. The molecular formula is C22H19F2N5O. The quantitative estimate of drug-likeness (QED) is 0.457. The third-order valence-corrected chi connectivity index (χ3v) is 4.83. The first kappa shape index (κ1) is 19.8. The Morgan fingerprint density at radius 3 is 2.53 bits per heavy atom. The van der Waals surface area contributed by atoms with Crippen LogP contribution < -0.4 is 0 Å². The van der Waals surface area contributed by atoms with Gasteiger partial charge in [0.25, 0.3) is 0 Å². The minimum absolute atomic E-state index is 0.0134. The minimum Gasteiger partial charge on any atom is -0.326 e. The van der Waals surface area contributed by atoms with Crippen molar-refractivity contribution in [3.8, 4) is 11.3 Å². The number of hydrogen-bond acceptors (Lipinski definition) is 5. The average Bonchev–Trinajstić information content (AvgIpc) is 3.06. The van der Waals surface area contributed by atoms with Crippen LogP contribution in [-0.2, 0) is 6.42 Å². The highest BCUT2D eigenvalue weighted by molar-refractivity contribution is 5.83. The maximum Gasteiger partial charge on any atom is 0.167 e. The van der Waals surface area contributed by atoms with Crippen LogP contribution in [0.3, 0.4) is 0 Å². The molecule has 0 saturated carbocycles. The molecule has 0 fully saturated rings. The standard InChI is InChI=1S/C22H19F2N5O/c1-12(2)29-13(3)27-22-17(23)6-15(7-19(22)29)21-18(24)10-26-20(28-21)8-16-5-4-14(11-30)9-25-16/h4-7,9-12H,8H2,1-3H3. The second kappa shape index (κ2) is 7.70. The van der Waals surface area contributed by atoms with E-state index in [0.717, 1.165) is 6.20 Å². The van der Waals surface area contributed by atoms with E-state index in [9.17, 15) is 13.6 Å². The first-order valence-electron chi connectivity index (χ1n) is 9.47. The van der Waals surface area contributed by atoms with Gasteiger partial charge in [-0.1, -0.05) is 0 Å². The average molecular weight is 407 g/mol. The van der Waals surface area contributed by atoms with Crippen molar-refractivity contribution in [3.05, 3.63) is 71.2 Å². The van der Waals surface area contributed by atoms with E-state index in [-0.39, 0.29) is 23.7 Å². The minimum atomic E-state index is -0.644. The highest BCUT2D eigenvalue weighted by Gasteiger charge is 2.18. The van der Waals surface area contributed by atoms with Crippen molar-refractivity contribution < 1.29 is 13.6 Å². The number of carbonyl (C=O) groups excluding carboxylic acids is 1. The van der Waals surface area contributed by atoms with Crippen molar-refractivity contribution in [2.24, 2.45) is 0 Å². The predicted molar refractivity (Wildman–Crippen MR) is 108 cm³/mol. The maximum absolute atomic E-state index is 14.8. The van der Waals surface area contributed by atoms with E-state index < -0.39 is 11.6 Å². The van der Waals surface area contributed by atoms with Gasteiger partial charge in [-0.3, -0.25) is 9.78 Å². The van der Waals surface area contributed by atoms with E-state index in [2.05, 4.69) is 19.9 Å². The molecule has 0 aliphatic heterocycles. The van der Waals surface area contributed by atoms with E-state index in [1.165, 1.54) is 12.3 Å². The number of halogens is 2. The molecule has 30 heavy (non-hydrogen) atoms. The number of carbonyl (C=O) groups is 1. The Kier molecular flexibility index (Phi) is 5.07. The fraction of sp³-hybridized carbons (Fsp3) is 0.227. The van der Waals surface area contributed by atoms with Crippen molar-refractivity contribution in [1.29, 1.82) is 0 Å². The molecule has 8 heteroatoms. The first-order chi connectivity index (χ1) is 14.4. The molecule has 0 unspecified atom stereocenters. The van der Waals surface area contributed by atoms with Crippen molar-refractivity contribution >= 4 is 17.3 Å². The number of aromatic nitrogens is 5. The second-order valence-electron chi connectivity index (χ2n) is 7.31. The number of nitrogens with zero attached hydrogens (tertiary/aromatic N) is 5. The Labute approximate surface area is 171 Å². The van der Waals surface area contributed by atoms with Gasteiger partial charge >= 0.3 is 0 Å². The van der Waals surface area contributed by atoms with Crippen molar-refractivity contribution in [2.45, 2.75) is 33.2 Å². The van der Waals surface area contributed by atoms with Crippen LogP contribution in [0.1, 0.15) is 47.6 Å². The van der Waals surface area contributed by atoms with Crippen molar-refractivity contribution in [2.75, 3.05) is 0 Å². The molecule has 4 rings (SSSR count). The molecule has 0 N–H and O–H groups in total. The summed E-state index contributed by atoms with van der Waals surface area (Å²) in [7, 11) is 0. The Balaban J connectivity index is 1.78. The lowest BCUT2D eigenvalue weighted by atomic mass is 10.1. The summed E-state index contributed by atoms with van der Waals surface area (Å²) in [6.07, 6.45) is 3.48. The summed E-state index contributed by atoms with van der Waals surface area (Å²) in [6, 6.07) is 6.33. The fourth-order valence-corrected chi connectivity index (χ4v) is 3.52. The number of aldehydes is 1. The van der Waals surface area contributed by atoms with Crippen molar-refractivity contribution in [3.63, 3.8) is 0 Å². The smallest absolute Gasteiger partial charge is 0.167 e. The summed E-state index contributed by atoms with van der Waals surface area (Å²) in [4.78, 5) is 27.6. The van der Waals surface area contributed by atoms with Gasteiger partial charge in [-0.25, -0.2) is 23.7 Å². The molecule has 4 aromatic rings. The van der Waals surface area contributed by atoms with Crippen LogP contribution in [0.15, 0.2) is 36.7 Å². The van der Waals surface area contributed by atoms with Gasteiger partial charge in [0.15, 0.2) is 17.9 Å². The molecule has 3 heterocycles. The summed E-state index contributed by atoms with van der Waals surface area (Å²) in [5.74, 6) is -0.152. The first-order valence-corrected chi connectivity index (χ1v) is 9.47.